The van der Waals surface area contributed by atoms with Crippen molar-refractivity contribution in [3.05, 3.63) is 81.2 Å². The Labute approximate surface area is 178 Å². The summed E-state index contributed by atoms with van der Waals surface area (Å²) in [6.07, 6.45) is 0. The van der Waals surface area contributed by atoms with Crippen molar-refractivity contribution >= 4 is 23.4 Å². The molecule has 1 N–H and O–H groups in total. The van der Waals surface area contributed by atoms with E-state index in [4.69, 9.17) is 0 Å². The Hall–Kier alpha value is -3.20. The average Bonchev–Trinajstić information content (AvgIpc) is 3.16. The van der Waals surface area contributed by atoms with Gasteiger partial charge in [0.15, 0.2) is 11.0 Å². The van der Waals surface area contributed by atoms with Crippen LogP contribution in [-0.4, -0.2) is 25.6 Å². The molecule has 30 heavy (non-hydrogen) atoms. The van der Waals surface area contributed by atoms with Gasteiger partial charge in [-0.3, -0.25) is 14.9 Å². The molecule has 0 aliphatic heterocycles. The predicted molar refractivity (Wildman–Crippen MR) is 115 cm³/mol. The lowest BCUT2D eigenvalue weighted by atomic mass is 10.1. The molecule has 0 saturated carbocycles. The maximum atomic E-state index is 12.5. The van der Waals surface area contributed by atoms with Gasteiger partial charge in [-0.2, -0.15) is 0 Å². The van der Waals surface area contributed by atoms with Crippen molar-refractivity contribution in [3.8, 4) is 0 Å². The number of amides is 1. The van der Waals surface area contributed by atoms with E-state index in [-0.39, 0.29) is 17.6 Å². The third-order valence-electron chi connectivity index (χ3n) is 4.63. The van der Waals surface area contributed by atoms with Crippen molar-refractivity contribution in [1.82, 2.24) is 20.1 Å². The van der Waals surface area contributed by atoms with Crippen molar-refractivity contribution in [2.24, 2.45) is 0 Å². The van der Waals surface area contributed by atoms with Crippen LogP contribution in [0.5, 0.6) is 0 Å². The van der Waals surface area contributed by atoms with Crippen LogP contribution in [0.25, 0.3) is 0 Å². The molecule has 3 aromatic rings. The number of nitrogens with one attached hydrogen (secondary N) is 1. The Morgan fingerprint density at radius 2 is 1.83 bits per heavy atom. The van der Waals surface area contributed by atoms with E-state index in [1.807, 2.05) is 37.5 Å². The molecule has 0 saturated heterocycles. The second-order valence-electron chi connectivity index (χ2n) is 6.86. The fourth-order valence-electron chi connectivity index (χ4n) is 2.94. The quantitative estimate of drug-likeness (QED) is 0.328. The Kier molecular flexibility index (Phi) is 6.83. The van der Waals surface area contributed by atoms with Gasteiger partial charge < -0.3 is 9.88 Å². The third-order valence-corrected chi connectivity index (χ3v) is 5.66. The van der Waals surface area contributed by atoms with Crippen molar-refractivity contribution in [3.63, 3.8) is 0 Å². The first-order valence-electron chi connectivity index (χ1n) is 9.55. The molecular formula is C21H23N5O3S. The summed E-state index contributed by atoms with van der Waals surface area (Å²) in [7, 11) is 0. The highest BCUT2D eigenvalue weighted by Crippen LogP contribution is 2.25. The molecule has 0 radical (unpaired) electrons. The second kappa shape index (κ2) is 9.53. The molecule has 1 atom stereocenters. The highest BCUT2D eigenvalue weighted by molar-refractivity contribution is 7.98. The fraction of sp³-hybridized carbons (Fsp3) is 0.286. The van der Waals surface area contributed by atoms with E-state index < -0.39 is 4.92 Å². The maximum absolute atomic E-state index is 12.5. The van der Waals surface area contributed by atoms with E-state index in [0.717, 1.165) is 16.3 Å². The SMILES string of the molecule is CCn1c(SCc2ccc([N+](=O)[O-])cc2)nnc1[C@@H](C)NC(=O)c1ccc(C)cc1. The molecule has 0 spiro atoms. The Morgan fingerprint density at radius 1 is 1.17 bits per heavy atom. The number of aromatic nitrogens is 3. The largest absolute Gasteiger partial charge is 0.342 e. The van der Waals surface area contributed by atoms with Crippen LogP contribution in [0.15, 0.2) is 53.7 Å². The number of non-ortho nitro benzene ring substituents is 1. The first-order chi connectivity index (χ1) is 14.4. The summed E-state index contributed by atoms with van der Waals surface area (Å²) in [5, 5.41) is 23.0. The topological polar surface area (TPSA) is 103 Å². The minimum atomic E-state index is -0.413. The van der Waals surface area contributed by atoms with Crippen molar-refractivity contribution < 1.29 is 9.72 Å². The monoisotopic (exact) mass is 425 g/mol. The Bertz CT molecular complexity index is 1030. The van der Waals surface area contributed by atoms with E-state index in [2.05, 4.69) is 15.5 Å². The Morgan fingerprint density at radius 3 is 2.43 bits per heavy atom. The minimum absolute atomic E-state index is 0.0703. The van der Waals surface area contributed by atoms with Gasteiger partial charge in [0.25, 0.3) is 11.6 Å². The van der Waals surface area contributed by atoms with Crippen LogP contribution < -0.4 is 5.32 Å². The van der Waals surface area contributed by atoms with Gasteiger partial charge in [0.05, 0.1) is 11.0 Å². The lowest BCUT2D eigenvalue weighted by Crippen LogP contribution is -2.28. The molecule has 1 amide bonds. The molecule has 0 unspecified atom stereocenters. The smallest absolute Gasteiger partial charge is 0.269 e. The van der Waals surface area contributed by atoms with Gasteiger partial charge in [0, 0.05) is 30.0 Å². The molecule has 0 aliphatic carbocycles. The number of hydrogen-bond donors (Lipinski definition) is 1. The van der Waals surface area contributed by atoms with E-state index in [0.29, 0.717) is 23.7 Å². The molecule has 3 rings (SSSR count). The van der Waals surface area contributed by atoms with E-state index >= 15 is 0 Å². The molecule has 156 valence electrons. The number of nitro groups is 1. The molecule has 1 aromatic heterocycles. The van der Waals surface area contributed by atoms with E-state index in [1.165, 1.54) is 23.9 Å². The lowest BCUT2D eigenvalue weighted by molar-refractivity contribution is -0.384. The molecule has 2 aromatic carbocycles. The number of nitrogens with zero attached hydrogens (tertiary/aromatic N) is 4. The highest BCUT2D eigenvalue weighted by atomic mass is 32.2. The number of rotatable bonds is 8. The number of thioether (sulfide) groups is 1. The maximum Gasteiger partial charge on any atom is 0.269 e. The van der Waals surface area contributed by atoms with Crippen LogP contribution >= 0.6 is 11.8 Å². The standard InChI is InChI=1S/C21H23N5O3S/c1-4-25-19(15(3)22-20(27)17-9-5-14(2)6-10-17)23-24-21(25)30-13-16-7-11-18(12-8-16)26(28)29/h5-12,15H,4,13H2,1-3H3,(H,22,27)/t15-/m1/s1. The summed E-state index contributed by atoms with van der Waals surface area (Å²) in [6.45, 7) is 6.52. The van der Waals surface area contributed by atoms with Crippen LogP contribution in [-0.2, 0) is 12.3 Å². The number of nitro benzene ring substituents is 1. The molecular weight excluding hydrogens is 402 g/mol. The van der Waals surface area contributed by atoms with Gasteiger partial charge >= 0.3 is 0 Å². The minimum Gasteiger partial charge on any atom is -0.342 e. The molecule has 0 fully saturated rings. The van der Waals surface area contributed by atoms with Crippen LogP contribution in [0, 0.1) is 17.0 Å². The molecule has 8 nitrogen and oxygen atoms in total. The molecule has 1 heterocycles. The van der Waals surface area contributed by atoms with Crippen LogP contribution in [0.2, 0.25) is 0 Å². The third kappa shape index (κ3) is 5.04. The summed E-state index contributed by atoms with van der Waals surface area (Å²) in [6, 6.07) is 13.6. The summed E-state index contributed by atoms with van der Waals surface area (Å²) < 4.78 is 1.97. The molecule has 0 aliphatic rings. The first-order valence-corrected chi connectivity index (χ1v) is 10.5. The van der Waals surface area contributed by atoms with Crippen molar-refractivity contribution in [2.75, 3.05) is 0 Å². The van der Waals surface area contributed by atoms with Crippen LogP contribution in [0.3, 0.4) is 0 Å². The van der Waals surface area contributed by atoms with Crippen LogP contribution in [0.4, 0.5) is 5.69 Å². The number of carbonyl (C=O) groups excluding carboxylic acids is 1. The zero-order valence-electron chi connectivity index (χ0n) is 17.0. The van der Waals surface area contributed by atoms with Gasteiger partial charge in [-0.1, -0.05) is 41.6 Å². The van der Waals surface area contributed by atoms with Crippen LogP contribution in [0.1, 0.15) is 47.2 Å². The number of aryl methyl sites for hydroxylation is 1. The van der Waals surface area contributed by atoms with Crippen molar-refractivity contribution in [1.29, 1.82) is 0 Å². The summed E-state index contributed by atoms with van der Waals surface area (Å²) in [4.78, 5) is 22.9. The Balaban J connectivity index is 1.67. The van der Waals surface area contributed by atoms with Gasteiger partial charge in [-0.05, 0) is 38.5 Å². The summed E-state index contributed by atoms with van der Waals surface area (Å²) in [5.74, 6) is 1.14. The van der Waals surface area contributed by atoms with Crippen molar-refractivity contribution in [2.45, 2.75) is 44.3 Å². The predicted octanol–water partition coefficient (Wildman–Crippen LogP) is 4.30. The zero-order chi connectivity index (χ0) is 21.7. The fourth-order valence-corrected chi connectivity index (χ4v) is 3.90. The molecule has 0 bridgehead atoms. The van der Waals surface area contributed by atoms with E-state index in [9.17, 15) is 14.9 Å². The first kappa shape index (κ1) is 21.5. The number of hydrogen-bond acceptors (Lipinski definition) is 6. The second-order valence-corrected chi connectivity index (χ2v) is 7.80. The summed E-state index contributed by atoms with van der Waals surface area (Å²) in [5.41, 5.74) is 2.72. The van der Waals surface area contributed by atoms with E-state index in [1.54, 1.807) is 24.3 Å². The summed E-state index contributed by atoms with van der Waals surface area (Å²) >= 11 is 1.50. The number of benzene rings is 2. The number of carbonyl (C=O) groups is 1. The van der Waals surface area contributed by atoms with Gasteiger partial charge in [-0.25, -0.2) is 0 Å². The average molecular weight is 426 g/mol. The lowest BCUT2D eigenvalue weighted by Gasteiger charge is -2.15. The normalized spacial score (nSPS) is 11.8. The van der Waals surface area contributed by atoms with Gasteiger partial charge in [0.2, 0.25) is 0 Å². The molecule has 9 heteroatoms. The van der Waals surface area contributed by atoms with Gasteiger partial charge in [-0.15, -0.1) is 10.2 Å². The van der Waals surface area contributed by atoms with Gasteiger partial charge in [0.1, 0.15) is 0 Å². The highest BCUT2D eigenvalue weighted by Gasteiger charge is 2.19. The zero-order valence-corrected chi connectivity index (χ0v) is 17.8.